The molecule has 0 saturated carbocycles. The number of aromatic nitrogens is 1. The van der Waals surface area contributed by atoms with Crippen LogP contribution < -0.4 is 0 Å². The molecular weight excluding hydrogens is 506 g/mol. The number of aryl methyl sites for hydroxylation is 3. The van der Waals surface area contributed by atoms with Gasteiger partial charge in [0.2, 0.25) is 0 Å². The van der Waals surface area contributed by atoms with Gasteiger partial charge in [-0.3, -0.25) is 0 Å². The van der Waals surface area contributed by atoms with Crippen LogP contribution in [0.15, 0.2) is 99.9 Å². The Hall–Kier alpha value is -3.82. The Kier molecular flexibility index (Phi) is 4.67. The third kappa shape index (κ3) is 3.16. The molecule has 0 aliphatic rings. The Bertz CT molecular complexity index is 1970. The molecule has 7 aromatic rings. The number of hydrogen-bond donors (Lipinski definition) is 0. The standard InChI is InChI=1S/C33H24BrNO/c1-19-14-20(2)33(21(3)15-19)22-8-11-29-26(16-22)27-17-23(34)9-12-30(27)35(29)24-10-13-32-28(18-24)25-6-4-5-7-31(25)36-32/h4-18H,1-3H3. The zero-order valence-corrected chi connectivity index (χ0v) is 22.0. The van der Waals surface area contributed by atoms with Crippen molar-refractivity contribution >= 4 is 59.7 Å². The van der Waals surface area contributed by atoms with Crippen molar-refractivity contribution in [3.63, 3.8) is 0 Å². The second-order valence-corrected chi connectivity index (χ2v) is 10.7. The lowest BCUT2D eigenvalue weighted by Gasteiger charge is -2.13. The van der Waals surface area contributed by atoms with E-state index in [9.17, 15) is 0 Å². The van der Waals surface area contributed by atoms with E-state index >= 15 is 0 Å². The Morgan fingerprint density at radius 2 is 1.31 bits per heavy atom. The van der Waals surface area contributed by atoms with E-state index < -0.39 is 0 Å². The minimum Gasteiger partial charge on any atom is -0.456 e. The Morgan fingerprint density at radius 3 is 2.11 bits per heavy atom. The summed E-state index contributed by atoms with van der Waals surface area (Å²) in [6.45, 7) is 6.59. The highest BCUT2D eigenvalue weighted by Crippen LogP contribution is 2.39. The van der Waals surface area contributed by atoms with E-state index in [2.05, 4.69) is 120 Å². The smallest absolute Gasteiger partial charge is 0.135 e. The van der Waals surface area contributed by atoms with Crippen molar-refractivity contribution in [2.24, 2.45) is 0 Å². The van der Waals surface area contributed by atoms with Gasteiger partial charge in [-0.1, -0.05) is 57.9 Å². The molecule has 0 bridgehead atoms. The van der Waals surface area contributed by atoms with Crippen molar-refractivity contribution in [2.75, 3.05) is 0 Å². The molecule has 2 nitrogen and oxygen atoms in total. The monoisotopic (exact) mass is 529 g/mol. The zero-order chi connectivity index (χ0) is 24.6. The van der Waals surface area contributed by atoms with Gasteiger partial charge in [0.05, 0.1) is 11.0 Å². The van der Waals surface area contributed by atoms with Crippen LogP contribution in [0.1, 0.15) is 16.7 Å². The van der Waals surface area contributed by atoms with Crippen LogP contribution >= 0.6 is 15.9 Å². The fourth-order valence-corrected chi connectivity index (χ4v) is 6.28. The first-order valence-corrected chi connectivity index (χ1v) is 13.0. The predicted molar refractivity (Wildman–Crippen MR) is 155 cm³/mol. The molecule has 2 aromatic heterocycles. The molecule has 174 valence electrons. The molecular formula is C33H24BrNO. The first-order chi connectivity index (χ1) is 17.5. The zero-order valence-electron chi connectivity index (χ0n) is 20.4. The third-order valence-electron chi connectivity index (χ3n) is 7.31. The molecule has 0 aliphatic heterocycles. The van der Waals surface area contributed by atoms with Crippen LogP contribution in [0, 0.1) is 20.8 Å². The number of fused-ring (bicyclic) bond motifs is 6. The summed E-state index contributed by atoms with van der Waals surface area (Å²) in [6.07, 6.45) is 0. The van der Waals surface area contributed by atoms with Gasteiger partial charge in [-0.2, -0.15) is 0 Å². The van der Waals surface area contributed by atoms with Gasteiger partial charge in [0, 0.05) is 31.7 Å². The van der Waals surface area contributed by atoms with E-state index in [4.69, 9.17) is 4.42 Å². The molecule has 3 heteroatoms. The van der Waals surface area contributed by atoms with Gasteiger partial charge in [0.15, 0.2) is 0 Å². The van der Waals surface area contributed by atoms with Crippen LogP contribution in [0.3, 0.4) is 0 Å². The largest absolute Gasteiger partial charge is 0.456 e. The lowest BCUT2D eigenvalue weighted by atomic mass is 9.93. The van der Waals surface area contributed by atoms with Crippen molar-refractivity contribution in [3.05, 3.63) is 112 Å². The molecule has 0 spiro atoms. The van der Waals surface area contributed by atoms with Gasteiger partial charge in [-0.15, -0.1) is 0 Å². The molecule has 0 radical (unpaired) electrons. The maximum absolute atomic E-state index is 6.10. The highest BCUT2D eigenvalue weighted by molar-refractivity contribution is 9.10. The lowest BCUT2D eigenvalue weighted by molar-refractivity contribution is 0.669. The van der Waals surface area contributed by atoms with Crippen molar-refractivity contribution in [1.29, 1.82) is 0 Å². The Labute approximate surface area is 217 Å². The van der Waals surface area contributed by atoms with Gasteiger partial charge < -0.3 is 8.98 Å². The van der Waals surface area contributed by atoms with Crippen LogP contribution in [-0.2, 0) is 0 Å². The molecule has 0 N–H and O–H groups in total. The molecule has 0 saturated heterocycles. The molecule has 0 fully saturated rings. The van der Waals surface area contributed by atoms with Crippen molar-refractivity contribution in [1.82, 2.24) is 4.57 Å². The van der Waals surface area contributed by atoms with E-state index in [1.54, 1.807) is 0 Å². The summed E-state index contributed by atoms with van der Waals surface area (Å²) in [6, 6.07) is 32.8. The summed E-state index contributed by atoms with van der Waals surface area (Å²) in [4.78, 5) is 0. The van der Waals surface area contributed by atoms with Crippen LogP contribution in [0.5, 0.6) is 0 Å². The summed E-state index contributed by atoms with van der Waals surface area (Å²) in [7, 11) is 0. The predicted octanol–water partition coefficient (Wildman–Crippen LogP) is 10.0. The number of hydrogen-bond acceptors (Lipinski definition) is 1. The summed E-state index contributed by atoms with van der Waals surface area (Å²) >= 11 is 3.71. The summed E-state index contributed by atoms with van der Waals surface area (Å²) < 4.78 is 9.55. The average Bonchev–Trinajstić information content (AvgIpc) is 3.38. The summed E-state index contributed by atoms with van der Waals surface area (Å²) in [5, 5.41) is 4.77. The third-order valence-corrected chi connectivity index (χ3v) is 7.80. The van der Waals surface area contributed by atoms with E-state index in [-0.39, 0.29) is 0 Å². The number of rotatable bonds is 2. The maximum Gasteiger partial charge on any atom is 0.135 e. The van der Waals surface area contributed by atoms with Crippen LogP contribution in [0.25, 0.3) is 60.6 Å². The SMILES string of the molecule is Cc1cc(C)c(-c2ccc3c(c2)c2cc(Br)ccc2n3-c2ccc3oc4ccccc4c3c2)c(C)c1. The first kappa shape index (κ1) is 21.5. The highest BCUT2D eigenvalue weighted by atomic mass is 79.9. The fourth-order valence-electron chi connectivity index (χ4n) is 5.92. The molecule has 7 rings (SSSR count). The van der Waals surface area contributed by atoms with E-state index in [0.717, 1.165) is 32.1 Å². The summed E-state index contributed by atoms with van der Waals surface area (Å²) in [5.41, 5.74) is 11.9. The van der Waals surface area contributed by atoms with Gasteiger partial charge in [-0.25, -0.2) is 0 Å². The van der Waals surface area contributed by atoms with E-state index in [1.165, 1.54) is 49.6 Å². The van der Waals surface area contributed by atoms with Gasteiger partial charge in [-0.05, 0) is 97.6 Å². The molecule has 0 amide bonds. The minimum atomic E-state index is 0.913. The number of benzene rings is 5. The fraction of sp³-hybridized carbons (Fsp3) is 0.0909. The van der Waals surface area contributed by atoms with Crippen molar-refractivity contribution in [2.45, 2.75) is 20.8 Å². The van der Waals surface area contributed by atoms with Crippen LogP contribution in [-0.4, -0.2) is 4.57 Å². The Morgan fingerprint density at radius 1 is 0.611 bits per heavy atom. The minimum absolute atomic E-state index is 0.913. The van der Waals surface area contributed by atoms with Crippen LogP contribution in [0.4, 0.5) is 0 Å². The van der Waals surface area contributed by atoms with Crippen molar-refractivity contribution < 1.29 is 4.42 Å². The molecule has 5 aromatic carbocycles. The normalized spacial score (nSPS) is 11.9. The second kappa shape index (κ2) is 7.84. The van der Waals surface area contributed by atoms with E-state index in [0.29, 0.717) is 0 Å². The molecule has 0 atom stereocenters. The number of para-hydroxylation sites is 1. The number of halogens is 1. The molecule has 36 heavy (non-hydrogen) atoms. The van der Waals surface area contributed by atoms with Gasteiger partial charge in [0.1, 0.15) is 11.2 Å². The first-order valence-electron chi connectivity index (χ1n) is 12.2. The van der Waals surface area contributed by atoms with Crippen LogP contribution in [0.2, 0.25) is 0 Å². The quantitative estimate of drug-likeness (QED) is 0.218. The maximum atomic E-state index is 6.10. The average molecular weight is 530 g/mol. The second-order valence-electron chi connectivity index (χ2n) is 9.78. The highest BCUT2D eigenvalue weighted by Gasteiger charge is 2.16. The molecule has 0 unspecified atom stereocenters. The van der Waals surface area contributed by atoms with Crippen molar-refractivity contribution in [3.8, 4) is 16.8 Å². The summed E-state index contributed by atoms with van der Waals surface area (Å²) in [5.74, 6) is 0. The topological polar surface area (TPSA) is 18.1 Å². The number of nitrogens with zero attached hydrogens (tertiary/aromatic N) is 1. The van der Waals surface area contributed by atoms with Gasteiger partial charge >= 0.3 is 0 Å². The number of furan rings is 1. The van der Waals surface area contributed by atoms with Gasteiger partial charge in [0.25, 0.3) is 0 Å². The van der Waals surface area contributed by atoms with E-state index in [1.807, 2.05) is 12.1 Å². The molecule has 0 aliphatic carbocycles. The molecule has 2 heterocycles. The Balaban J connectivity index is 1.53. The lowest BCUT2D eigenvalue weighted by Crippen LogP contribution is -1.94.